The molecule has 0 aliphatic rings. The van der Waals surface area contributed by atoms with E-state index in [-0.39, 0.29) is 0 Å². The molecule has 0 N–H and O–H groups in total. The van der Waals surface area contributed by atoms with Gasteiger partial charge in [-0.15, -0.1) is 0 Å². The van der Waals surface area contributed by atoms with Crippen molar-refractivity contribution in [1.29, 1.82) is 0 Å². The molecule has 58 valence electrons. The van der Waals surface area contributed by atoms with Gasteiger partial charge in [0.05, 0.1) is 0 Å². The van der Waals surface area contributed by atoms with Gasteiger partial charge in [0.2, 0.25) is 0 Å². The molecule has 0 heterocycles. The van der Waals surface area contributed by atoms with Crippen LogP contribution in [0.3, 0.4) is 0 Å². The second-order valence-corrected chi connectivity index (χ2v) is 9.25. The van der Waals surface area contributed by atoms with E-state index in [0.717, 1.165) is 0 Å². The fourth-order valence-electron chi connectivity index (χ4n) is 0.500. The molecule has 10 heavy (non-hydrogen) atoms. The van der Waals surface area contributed by atoms with Gasteiger partial charge in [0.1, 0.15) is 0 Å². The SMILES string of the molecule is B[PH](C)(C#CC)C(C)(C)C. The van der Waals surface area contributed by atoms with Crippen molar-refractivity contribution in [2.45, 2.75) is 32.9 Å². The van der Waals surface area contributed by atoms with Crippen molar-refractivity contribution in [2.75, 3.05) is 6.66 Å². The van der Waals surface area contributed by atoms with E-state index in [9.17, 15) is 0 Å². The van der Waals surface area contributed by atoms with E-state index < -0.39 is 7.14 Å². The molecule has 0 aromatic rings. The maximum atomic E-state index is 3.35. The van der Waals surface area contributed by atoms with Gasteiger partial charge in [0.15, 0.2) is 0 Å². The van der Waals surface area contributed by atoms with Gasteiger partial charge in [0.25, 0.3) is 0 Å². The first-order valence-corrected chi connectivity index (χ1v) is 6.75. The molecule has 0 aromatic carbocycles. The zero-order valence-electron chi connectivity index (χ0n) is 8.00. The molecule has 0 amide bonds. The minimum atomic E-state index is -1.27. The third-order valence-electron chi connectivity index (χ3n) is 2.31. The van der Waals surface area contributed by atoms with Gasteiger partial charge < -0.3 is 0 Å². The summed E-state index contributed by atoms with van der Waals surface area (Å²) in [5, 5.41) is 0.413. The summed E-state index contributed by atoms with van der Waals surface area (Å²) in [6, 6.07) is 0. The second kappa shape index (κ2) is 2.97. The van der Waals surface area contributed by atoms with Crippen LogP contribution in [-0.2, 0) is 0 Å². The topological polar surface area (TPSA) is 0 Å². The van der Waals surface area contributed by atoms with Gasteiger partial charge >= 0.3 is 65.8 Å². The molecule has 0 aliphatic heterocycles. The third-order valence-corrected chi connectivity index (χ3v) is 6.94. The van der Waals surface area contributed by atoms with Crippen LogP contribution in [0.15, 0.2) is 0 Å². The van der Waals surface area contributed by atoms with Gasteiger partial charge in [0, 0.05) is 0 Å². The first kappa shape index (κ1) is 10.1. The Morgan fingerprint density at radius 1 is 1.30 bits per heavy atom. The van der Waals surface area contributed by atoms with Crippen molar-refractivity contribution in [3.63, 3.8) is 0 Å². The monoisotopic (exact) mass is 156 g/mol. The average molecular weight is 156 g/mol. The minimum absolute atomic E-state index is 0.413. The van der Waals surface area contributed by atoms with Crippen LogP contribution in [0, 0.1) is 11.6 Å². The fraction of sp³-hybridized carbons (Fsp3) is 0.750. The number of hydrogen-bond acceptors (Lipinski definition) is 0. The van der Waals surface area contributed by atoms with Crippen LogP contribution in [0.1, 0.15) is 27.7 Å². The van der Waals surface area contributed by atoms with E-state index in [1.54, 1.807) is 0 Å². The maximum absolute atomic E-state index is 3.35. The predicted octanol–water partition coefficient (Wildman–Crippen LogP) is 1.69. The van der Waals surface area contributed by atoms with E-state index in [2.05, 4.69) is 46.6 Å². The second-order valence-electron chi connectivity index (χ2n) is 4.25. The van der Waals surface area contributed by atoms with Crippen LogP contribution in [-0.4, -0.2) is 19.4 Å². The average Bonchev–Trinajstić information content (AvgIpc) is 1.61. The summed E-state index contributed by atoms with van der Waals surface area (Å²) >= 11 is 0. The summed E-state index contributed by atoms with van der Waals surface area (Å²) in [7, 11) is 1.06. The van der Waals surface area contributed by atoms with Gasteiger partial charge in [-0.2, -0.15) is 0 Å². The van der Waals surface area contributed by atoms with Crippen LogP contribution in [0.5, 0.6) is 0 Å². The van der Waals surface area contributed by atoms with Gasteiger partial charge in [-0.25, -0.2) is 0 Å². The first-order valence-electron chi connectivity index (χ1n) is 3.75. The molecule has 0 spiro atoms. The van der Waals surface area contributed by atoms with Crippen molar-refractivity contribution in [3.8, 4) is 11.6 Å². The standard InChI is InChI=1S/C8H18BP/c1-6-7-10(5,9)8(2,3)4/h10H,9H2,1-5H3. The van der Waals surface area contributed by atoms with Gasteiger partial charge in [-0.3, -0.25) is 0 Å². The van der Waals surface area contributed by atoms with Crippen LogP contribution >= 0.6 is 7.14 Å². The summed E-state index contributed by atoms with van der Waals surface area (Å²) < 4.78 is 0. The molecular weight excluding hydrogens is 138 g/mol. The quantitative estimate of drug-likeness (QED) is 0.284. The zero-order chi connectivity index (χ0) is 8.41. The number of hydrogen-bond donors (Lipinski definition) is 0. The molecule has 0 aliphatic carbocycles. The summed E-state index contributed by atoms with van der Waals surface area (Å²) in [4.78, 5) is 0. The predicted molar refractivity (Wildman–Crippen MR) is 56.0 cm³/mol. The molecule has 0 fully saturated rings. The molecule has 0 bridgehead atoms. The van der Waals surface area contributed by atoms with Gasteiger partial charge in [-0.05, 0) is 0 Å². The molecule has 0 saturated heterocycles. The van der Waals surface area contributed by atoms with Crippen LogP contribution in [0.2, 0.25) is 0 Å². The van der Waals surface area contributed by atoms with Crippen LogP contribution in [0.25, 0.3) is 0 Å². The van der Waals surface area contributed by atoms with E-state index >= 15 is 0 Å². The van der Waals surface area contributed by atoms with E-state index in [1.165, 1.54) is 0 Å². The van der Waals surface area contributed by atoms with Gasteiger partial charge in [-0.1, -0.05) is 0 Å². The molecule has 0 rings (SSSR count). The summed E-state index contributed by atoms with van der Waals surface area (Å²) in [6.07, 6.45) is 0. The van der Waals surface area contributed by atoms with Crippen LogP contribution < -0.4 is 0 Å². The Labute approximate surface area is 66.5 Å². The Morgan fingerprint density at radius 3 is 1.80 bits per heavy atom. The summed E-state index contributed by atoms with van der Waals surface area (Å²) in [5.74, 6) is 3.03. The summed E-state index contributed by atoms with van der Waals surface area (Å²) in [6.45, 7) is 11.1. The van der Waals surface area contributed by atoms with Crippen molar-refractivity contribution in [3.05, 3.63) is 0 Å². The Hall–Kier alpha value is 0.0549. The Bertz CT molecular complexity index is 166. The molecule has 0 atom stereocenters. The molecule has 0 nitrogen and oxygen atoms in total. The number of rotatable bonds is 0. The van der Waals surface area contributed by atoms with Crippen molar-refractivity contribution in [2.24, 2.45) is 0 Å². The van der Waals surface area contributed by atoms with E-state index in [4.69, 9.17) is 0 Å². The Morgan fingerprint density at radius 2 is 1.70 bits per heavy atom. The Balaban J connectivity index is 4.51. The molecule has 0 aromatic heterocycles. The van der Waals surface area contributed by atoms with E-state index in [1.807, 2.05) is 6.92 Å². The Kier molecular flexibility index (Phi) is 2.99. The summed E-state index contributed by atoms with van der Waals surface area (Å²) in [5.41, 5.74) is 3.35. The first-order chi connectivity index (χ1) is 4.31. The molecular formula is C8H18BP. The molecule has 0 saturated carbocycles. The zero-order valence-corrected chi connectivity index (χ0v) is 9.00. The van der Waals surface area contributed by atoms with E-state index in [0.29, 0.717) is 5.16 Å². The molecule has 0 unspecified atom stereocenters. The van der Waals surface area contributed by atoms with Crippen molar-refractivity contribution < 1.29 is 0 Å². The fourth-order valence-corrected chi connectivity index (χ4v) is 1.50. The van der Waals surface area contributed by atoms with Crippen molar-refractivity contribution in [1.82, 2.24) is 0 Å². The third kappa shape index (κ3) is 2.35. The normalized spacial score (nSPS) is 13.7. The molecule has 2 heteroatoms. The van der Waals surface area contributed by atoms with Crippen LogP contribution in [0.4, 0.5) is 0 Å². The van der Waals surface area contributed by atoms with Crippen molar-refractivity contribution >= 4 is 14.7 Å². The molecule has 0 radical (unpaired) electrons.